The van der Waals surface area contributed by atoms with Crippen molar-refractivity contribution in [2.24, 2.45) is 0 Å². The molecule has 1 aromatic rings. The van der Waals surface area contributed by atoms with Gasteiger partial charge in [-0.1, -0.05) is 84.1 Å². The molecule has 1 N–H and O–H groups in total. The van der Waals surface area contributed by atoms with E-state index in [4.69, 9.17) is 0 Å². The van der Waals surface area contributed by atoms with E-state index in [1.165, 1.54) is 76.3 Å². The van der Waals surface area contributed by atoms with Crippen LogP contribution in [0.1, 0.15) is 90.9 Å². The first kappa shape index (κ1) is 26.0. The predicted octanol–water partition coefficient (Wildman–Crippen LogP) is 6.19. The van der Waals surface area contributed by atoms with Crippen molar-refractivity contribution in [2.45, 2.75) is 95.8 Å². The summed E-state index contributed by atoms with van der Waals surface area (Å²) in [5.41, 5.74) is 0. The number of hydrogen-bond donors (Lipinski definition) is 1. The fourth-order valence-electron chi connectivity index (χ4n) is 3.61. The number of phenols is 1. The van der Waals surface area contributed by atoms with Gasteiger partial charge in [-0.05, 0) is 44.1 Å². The van der Waals surface area contributed by atoms with Gasteiger partial charge in [-0.25, -0.2) is 8.42 Å². The SMILES string of the molecule is CCCCCCCCN(CCCCCCCC)CCS(=O)(=O)c1cccc(O)c1. The van der Waals surface area contributed by atoms with Crippen molar-refractivity contribution in [3.8, 4) is 5.75 Å². The number of unbranched alkanes of at least 4 members (excludes halogenated alkanes) is 10. The van der Waals surface area contributed by atoms with E-state index in [2.05, 4.69) is 18.7 Å². The first-order chi connectivity index (χ1) is 14.0. The van der Waals surface area contributed by atoms with Gasteiger partial charge in [0.2, 0.25) is 0 Å². The second kappa shape index (κ2) is 15.7. The van der Waals surface area contributed by atoms with Gasteiger partial charge in [0.15, 0.2) is 9.84 Å². The Morgan fingerprint density at radius 3 is 1.79 bits per heavy atom. The van der Waals surface area contributed by atoms with E-state index in [0.29, 0.717) is 6.54 Å². The maximum Gasteiger partial charge on any atom is 0.179 e. The topological polar surface area (TPSA) is 57.6 Å². The Kier molecular flexibility index (Phi) is 14.1. The number of benzene rings is 1. The van der Waals surface area contributed by atoms with Crippen molar-refractivity contribution in [2.75, 3.05) is 25.4 Å². The fourth-order valence-corrected chi connectivity index (χ4v) is 4.93. The van der Waals surface area contributed by atoms with Crippen molar-refractivity contribution in [3.05, 3.63) is 24.3 Å². The fraction of sp³-hybridized carbons (Fsp3) is 0.750. The molecule has 0 unspecified atom stereocenters. The van der Waals surface area contributed by atoms with E-state index in [-0.39, 0.29) is 16.4 Å². The van der Waals surface area contributed by atoms with Gasteiger partial charge in [-0.3, -0.25) is 0 Å². The zero-order valence-electron chi connectivity index (χ0n) is 18.7. The molecule has 0 aliphatic rings. The zero-order chi connectivity index (χ0) is 21.4. The molecule has 0 heterocycles. The third-order valence-electron chi connectivity index (χ3n) is 5.51. The van der Waals surface area contributed by atoms with E-state index in [0.717, 1.165) is 25.9 Å². The summed E-state index contributed by atoms with van der Waals surface area (Å²) in [6.45, 7) is 7.00. The van der Waals surface area contributed by atoms with E-state index in [9.17, 15) is 13.5 Å². The highest BCUT2D eigenvalue weighted by atomic mass is 32.2. The third kappa shape index (κ3) is 12.3. The highest BCUT2D eigenvalue weighted by Crippen LogP contribution is 2.18. The molecule has 1 aromatic carbocycles. The Morgan fingerprint density at radius 1 is 0.759 bits per heavy atom. The number of rotatable bonds is 18. The van der Waals surface area contributed by atoms with Crippen LogP contribution in [-0.4, -0.2) is 43.8 Å². The molecule has 0 saturated heterocycles. The highest BCUT2D eigenvalue weighted by molar-refractivity contribution is 7.91. The van der Waals surface area contributed by atoms with Crippen LogP contribution < -0.4 is 0 Å². The number of hydrogen-bond acceptors (Lipinski definition) is 4. The van der Waals surface area contributed by atoms with Crippen LogP contribution in [-0.2, 0) is 9.84 Å². The summed E-state index contributed by atoms with van der Waals surface area (Å²) in [6.07, 6.45) is 15.1. The summed E-state index contributed by atoms with van der Waals surface area (Å²) in [5, 5.41) is 9.59. The van der Waals surface area contributed by atoms with E-state index < -0.39 is 9.84 Å². The maximum atomic E-state index is 12.6. The van der Waals surface area contributed by atoms with Crippen LogP contribution in [0.4, 0.5) is 0 Å². The standard InChI is InChI=1S/C24H43NO3S/c1-3-5-7-9-11-13-18-25(19-14-12-10-8-6-4-2)20-21-29(27,28)24-17-15-16-23(26)22-24/h15-17,22,26H,3-14,18-21H2,1-2H3. The highest BCUT2D eigenvalue weighted by Gasteiger charge is 2.17. The molecular formula is C24H43NO3S. The Hall–Kier alpha value is -1.07. The van der Waals surface area contributed by atoms with Crippen LogP contribution in [0, 0.1) is 0 Å². The van der Waals surface area contributed by atoms with E-state index >= 15 is 0 Å². The van der Waals surface area contributed by atoms with Crippen LogP contribution in [0.5, 0.6) is 5.75 Å². The van der Waals surface area contributed by atoms with Gasteiger partial charge in [0.1, 0.15) is 5.75 Å². The average molecular weight is 426 g/mol. The molecule has 0 aromatic heterocycles. The first-order valence-electron chi connectivity index (χ1n) is 11.7. The molecule has 0 aliphatic carbocycles. The lowest BCUT2D eigenvalue weighted by Crippen LogP contribution is -2.31. The Balaban J connectivity index is 2.48. The van der Waals surface area contributed by atoms with Gasteiger partial charge in [0.05, 0.1) is 10.6 Å². The summed E-state index contributed by atoms with van der Waals surface area (Å²) in [6, 6.07) is 6.01. The molecular weight excluding hydrogens is 382 g/mol. The van der Waals surface area contributed by atoms with Crippen LogP contribution in [0.15, 0.2) is 29.2 Å². The van der Waals surface area contributed by atoms with Crippen molar-refractivity contribution in [1.82, 2.24) is 4.90 Å². The second-order valence-electron chi connectivity index (χ2n) is 8.19. The minimum atomic E-state index is -3.36. The molecule has 0 fully saturated rings. The Bertz CT molecular complexity index is 615. The maximum absolute atomic E-state index is 12.6. The summed E-state index contributed by atoms with van der Waals surface area (Å²) in [5.74, 6) is 0.115. The van der Waals surface area contributed by atoms with Gasteiger partial charge < -0.3 is 10.0 Å². The second-order valence-corrected chi connectivity index (χ2v) is 10.3. The smallest absolute Gasteiger partial charge is 0.179 e. The average Bonchev–Trinajstić information content (AvgIpc) is 2.70. The van der Waals surface area contributed by atoms with E-state index in [1.807, 2.05) is 0 Å². The van der Waals surface area contributed by atoms with Gasteiger partial charge in [-0.2, -0.15) is 0 Å². The normalized spacial score (nSPS) is 12.0. The van der Waals surface area contributed by atoms with Crippen LogP contribution in [0.25, 0.3) is 0 Å². The lowest BCUT2D eigenvalue weighted by Gasteiger charge is -2.22. The van der Waals surface area contributed by atoms with Gasteiger partial charge >= 0.3 is 0 Å². The van der Waals surface area contributed by atoms with Gasteiger partial charge in [0.25, 0.3) is 0 Å². The van der Waals surface area contributed by atoms with Crippen molar-refractivity contribution in [3.63, 3.8) is 0 Å². The minimum absolute atomic E-state index is 0.00193. The predicted molar refractivity (Wildman–Crippen MR) is 123 cm³/mol. The molecule has 1 rings (SSSR count). The molecule has 0 amide bonds. The molecule has 0 radical (unpaired) electrons. The van der Waals surface area contributed by atoms with Gasteiger partial charge in [-0.15, -0.1) is 0 Å². The molecule has 0 atom stereocenters. The number of aromatic hydroxyl groups is 1. The van der Waals surface area contributed by atoms with Gasteiger partial charge in [0, 0.05) is 6.54 Å². The monoisotopic (exact) mass is 425 g/mol. The lowest BCUT2D eigenvalue weighted by atomic mass is 10.1. The minimum Gasteiger partial charge on any atom is -0.508 e. The molecule has 4 nitrogen and oxygen atoms in total. The van der Waals surface area contributed by atoms with Crippen LogP contribution >= 0.6 is 0 Å². The first-order valence-corrected chi connectivity index (χ1v) is 13.4. The van der Waals surface area contributed by atoms with Crippen molar-refractivity contribution >= 4 is 9.84 Å². The number of sulfone groups is 1. The molecule has 168 valence electrons. The molecule has 0 spiro atoms. The third-order valence-corrected chi connectivity index (χ3v) is 7.20. The van der Waals surface area contributed by atoms with E-state index in [1.54, 1.807) is 12.1 Å². The zero-order valence-corrected chi connectivity index (χ0v) is 19.6. The summed E-state index contributed by atoms with van der Waals surface area (Å²) in [4.78, 5) is 2.55. The Labute approximate surface area is 179 Å². The van der Waals surface area contributed by atoms with Crippen molar-refractivity contribution < 1.29 is 13.5 Å². The summed E-state index contributed by atoms with van der Waals surface area (Å²) in [7, 11) is -3.36. The molecule has 0 saturated carbocycles. The largest absolute Gasteiger partial charge is 0.508 e. The molecule has 29 heavy (non-hydrogen) atoms. The van der Waals surface area contributed by atoms with Crippen LogP contribution in [0.2, 0.25) is 0 Å². The number of nitrogens with zero attached hydrogens (tertiary/aromatic N) is 1. The Morgan fingerprint density at radius 2 is 1.28 bits per heavy atom. The lowest BCUT2D eigenvalue weighted by molar-refractivity contribution is 0.274. The summed E-state index contributed by atoms with van der Waals surface area (Å²) < 4.78 is 25.3. The summed E-state index contributed by atoms with van der Waals surface area (Å²) >= 11 is 0. The van der Waals surface area contributed by atoms with Crippen LogP contribution in [0.3, 0.4) is 0 Å². The molecule has 0 bridgehead atoms. The molecule has 5 heteroatoms. The molecule has 0 aliphatic heterocycles. The quantitative estimate of drug-likeness (QED) is 0.285. The van der Waals surface area contributed by atoms with Crippen molar-refractivity contribution in [1.29, 1.82) is 0 Å². The number of phenolic OH excluding ortho intramolecular Hbond substituents is 1.